The van der Waals surface area contributed by atoms with Crippen LogP contribution in [0.5, 0.6) is 0 Å². The van der Waals surface area contributed by atoms with Gasteiger partial charge in [-0.25, -0.2) is 17.5 Å². The van der Waals surface area contributed by atoms with Crippen molar-refractivity contribution >= 4 is 26.0 Å². The second-order valence-corrected chi connectivity index (χ2v) is 7.77. The molecule has 0 bridgehead atoms. The van der Waals surface area contributed by atoms with Crippen molar-refractivity contribution in [1.29, 1.82) is 0 Å². The van der Waals surface area contributed by atoms with Crippen LogP contribution >= 0.6 is 15.9 Å². The third-order valence-corrected chi connectivity index (χ3v) is 5.72. The zero-order valence-corrected chi connectivity index (χ0v) is 13.8. The molecule has 1 aromatic carbocycles. The Kier molecular flexibility index (Phi) is 4.84. The average molecular weight is 365 g/mol. The molecule has 2 unspecified atom stereocenters. The highest BCUT2D eigenvalue weighted by atomic mass is 79.9. The normalized spacial score (nSPS) is 23.8. The van der Waals surface area contributed by atoms with Crippen LogP contribution in [0.4, 0.5) is 4.39 Å². The molecule has 1 aromatic rings. The van der Waals surface area contributed by atoms with Gasteiger partial charge < -0.3 is 5.32 Å². The monoisotopic (exact) mass is 364 g/mol. The maximum Gasteiger partial charge on any atom is 0.241 e. The Morgan fingerprint density at radius 3 is 2.80 bits per heavy atom. The molecular formula is C13H18BrFN2O2S. The first-order valence-electron chi connectivity index (χ1n) is 6.51. The first-order valence-corrected chi connectivity index (χ1v) is 8.78. The molecule has 2 N–H and O–H groups in total. The molecule has 1 saturated heterocycles. The van der Waals surface area contributed by atoms with Gasteiger partial charge >= 0.3 is 0 Å². The van der Waals surface area contributed by atoms with Gasteiger partial charge in [0.2, 0.25) is 10.0 Å². The van der Waals surface area contributed by atoms with Crippen LogP contribution in [0.15, 0.2) is 21.5 Å². The first kappa shape index (κ1) is 15.9. The second kappa shape index (κ2) is 6.09. The number of rotatable bonds is 3. The molecule has 1 fully saturated rings. The summed E-state index contributed by atoms with van der Waals surface area (Å²) in [7, 11) is -3.63. The lowest BCUT2D eigenvalue weighted by Gasteiger charge is -2.28. The molecule has 0 aromatic heterocycles. The molecular weight excluding hydrogens is 347 g/mol. The van der Waals surface area contributed by atoms with Crippen LogP contribution in [0.2, 0.25) is 0 Å². The van der Waals surface area contributed by atoms with Gasteiger partial charge in [0.1, 0.15) is 5.82 Å². The quantitative estimate of drug-likeness (QED) is 0.865. The van der Waals surface area contributed by atoms with E-state index in [1.54, 1.807) is 6.92 Å². The maximum atomic E-state index is 13.4. The van der Waals surface area contributed by atoms with Gasteiger partial charge in [0.25, 0.3) is 0 Å². The third-order valence-electron chi connectivity index (χ3n) is 3.45. The van der Waals surface area contributed by atoms with E-state index in [2.05, 4.69) is 26.0 Å². The summed E-state index contributed by atoms with van der Waals surface area (Å²) in [5.41, 5.74) is 0.403. The minimum atomic E-state index is -3.63. The summed E-state index contributed by atoms with van der Waals surface area (Å²) in [4.78, 5) is 0.122. The first-order chi connectivity index (χ1) is 9.29. The highest BCUT2D eigenvalue weighted by molar-refractivity contribution is 9.10. The van der Waals surface area contributed by atoms with Gasteiger partial charge in [-0.15, -0.1) is 0 Å². The van der Waals surface area contributed by atoms with E-state index in [0.29, 0.717) is 5.56 Å². The Balaban J connectivity index is 2.24. The third kappa shape index (κ3) is 3.58. The number of nitrogens with one attached hydrogen (secondary N) is 2. The maximum absolute atomic E-state index is 13.4. The molecule has 0 radical (unpaired) electrons. The minimum absolute atomic E-state index is 0.0838. The van der Waals surface area contributed by atoms with Crippen LogP contribution in [0.3, 0.4) is 0 Å². The molecule has 0 amide bonds. The van der Waals surface area contributed by atoms with Crippen molar-refractivity contribution in [2.45, 2.75) is 43.7 Å². The Bertz CT molecular complexity index is 607. The molecule has 1 aliphatic heterocycles. The van der Waals surface area contributed by atoms with Crippen molar-refractivity contribution in [3.63, 3.8) is 0 Å². The molecule has 2 rings (SSSR count). The van der Waals surface area contributed by atoms with Gasteiger partial charge in [-0.3, -0.25) is 0 Å². The van der Waals surface area contributed by atoms with E-state index in [9.17, 15) is 12.8 Å². The minimum Gasteiger partial charge on any atom is -0.314 e. The zero-order chi connectivity index (χ0) is 14.9. The number of aryl methyl sites for hydroxylation is 1. The van der Waals surface area contributed by atoms with Crippen molar-refractivity contribution in [3.05, 3.63) is 28.0 Å². The van der Waals surface area contributed by atoms with Gasteiger partial charge in [0.15, 0.2) is 0 Å². The second-order valence-electron chi connectivity index (χ2n) is 5.23. The number of sulfonamides is 1. The lowest BCUT2D eigenvalue weighted by atomic mass is 10.0. The van der Waals surface area contributed by atoms with Gasteiger partial charge in [-0.1, -0.05) is 0 Å². The molecule has 2 atom stereocenters. The van der Waals surface area contributed by atoms with E-state index in [1.165, 1.54) is 12.1 Å². The van der Waals surface area contributed by atoms with Crippen molar-refractivity contribution in [2.24, 2.45) is 0 Å². The van der Waals surface area contributed by atoms with E-state index < -0.39 is 15.8 Å². The summed E-state index contributed by atoms with van der Waals surface area (Å²) in [6.45, 7) is 4.41. The largest absolute Gasteiger partial charge is 0.314 e. The molecule has 0 aliphatic carbocycles. The number of hydrogen-bond acceptors (Lipinski definition) is 3. The van der Waals surface area contributed by atoms with Crippen LogP contribution < -0.4 is 10.0 Å². The number of halogens is 2. The van der Waals surface area contributed by atoms with Crippen molar-refractivity contribution in [3.8, 4) is 0 Å². The zero-order valence-electron chi connectivity index (χ0n) is 11.4. The van der Waals surface area contributed by atoms with Gasteiger partial charge in [-0.05, 0) is 66.9 Å². The fraction of sp³-hybridized carbons (Fsp3) is 0.538. The van der Waals surface area contributed by atoms with Gasteiger partial charge in [0.05, 0.1) is 9.37 Å². The van der Waals surface area contributed by atoms with Crippen molar-refractivity contribution < 1.29 is 12.8 Å². The fourth-order valence-electron chi connectivity index (χ4n) is 2.44. The average Bonchev–Trinajstić information content (AvgIpc) is 2.33. The Labute approximate surface area is 127 Å². The molecule has 1 aliphatic rings. The summed E-state index contributed by atoms with van der Waals surface area (Å²) in [6.07, 6.45) is 1.51. The van der Waals surface area contributed by atoms with Crippen LogP contribution in [0, 0.1) is 12.7 Å². The molecule has 1 heterocycles. The van der Waals surface area contributed by atoms with Crippen LogP contribution in [-0.4, -0.2) is 27.0 Å². The van der Waals surface area contributed by atoms with Crippen molar-refractivity contribution in [1.82, 2.24) is 10.0 Å². The molecule has 0 saturated carbocycles. The Hall–Kier alpha value is -0.500. The SMILES string of the molecule is Cc1cc(F)c(Br)cc1S(=O)(=O)NC1CCNC(C)C1. The summed E-state index contributed by atoms with van der Waals surface area (Å²) in [5, 5.41) is 3.27. The number of piperidine rings is 1. The Morgan fingerprint density at radius 2 is 2.15 bits per heavy atom. The predicted octanol–water partition coefficient (Wildman–Crippen LogP) is 2.32. The summed E-state index contributed by atoms with van der Waals surface area (Å²) in [6, 6.07) is 2.75. The van der Waals surface area contributed by atoms with Crippen LogP contribution in [0.1, 0.15) is 25.3 Å². The van der Waals surface area contributed by atoms with Gasteiger partial charge in [-0.2, -0.15) is 0 Å². The standard InChI is InChI=1S/C13H18BrFN2O2S/c1-8-5-12(15)11(14)7-13(8)20(18,19)17-10-3-4-16-9(2)6-10/h5,7,9-10,16-17H,3-4,6H2,1-2H3. The highest BCUT2D eigenvalue weighted by Gasteiger charge is 2.26. The smallest absolute Gasteiger partial charge is 0.241 e. The highest BCUT2D eigenvalue weighted by Crippen LogP contribution is 2.24. The lowest BCUT2D eigenvalue weighted by Crippen LogP contribution is -2.46. The van der Waals surface area contributed by atoms with E-state index in [4.69, 9.17) is 0 Å². The number of hydrogen-bond donors (Lipinski definition) is 2. The van der Waals surface area contributed by atoms with Gasteiger partial charge in [0, 0.05) is 12.1 Å². The van der Waals surface area contributed by atoms with Crippen LogP contribution in [0.25, 0.3) is 0 Å². The number of benzene rings is 1. The van der Waals surface area contributed by atoms with Crippen molar-refractivity contribution in [2.75, 3.05) is 6.54 Å². The lowest BCUT2D eigenvalue weighted by molar-refractivity contribution is 0.361. The predicted molar refractivity (Wildman–Crippen MR) is 79.6 cm³/mol. The van der Waals surface area contributed by atoms with E-state index >= 15 is 0 Å². The molecule has 4 nitrogen and oxygen atoms in total. The van der Waals surface area contributed by atoms with E-state index in [1.807, 2.05) is 6.92 Å². The molecule has 7 heteroatoms. The summed E-state index contributed by atoms with van der Waals surface area (Å²) >= 11 is 3.03. The molecule has 112 valence electrons. The summed E-state index contributed by atoms with van der Waals surface area (Å²) in [5.74, 6) is -0.461. The summed E-state index contributed by atoms with van der Waals surface area (Å²) < 4.78 is 41.1. The molecule has 20 heavy (non-hydrogen) atoms. The fourth-order valence-corrected chi connectivity index (χ4v) is 4.47. The molecule has 0 spiro atoms. The van der Waals surface area contributed by atoms with E-state index in [0.717, 1.165) is 19.4 Å². The van der Waals surface area contributed by atoms with E-state index in [-0.39, 0.29) is 21.5 Å². The Morgan fingerprint density at radius 1 is 1.45 bits per heavy atom. The topological polar surface area (TPSA) is 58.2 Å². The van der Waals surface area contributed by atoms with Crippen LogP contribution in [-0.2, 0) is 10.0 Å².